The molecule has 0 saturated carbocycles. The van der Waals surface area contributed by atoms with Gasteiger partial charge >= 0.3 is 11.9 Å². The van der Waals surface area contributed by atoms with Gasteiger partial charge in [0.05, 0.1) is 20.9 Å². The van der Waals surface area contributed by atoms with Crippen LogP contribution in [0.2, 0.25) is 0 Å². The molecule has 0 aromatic heterocycles. The highest BCUT2D eigenvalue weighted by Gasteiger charge is 2.29. The maximum Gasteiger partial charge on any atom is 0.339 e. The molecule has 16 heteroatoms. The number of hydrogen-bond acceptors (Lipinski definition) is 14. The summed E-state index contributed by atoms with van der Waals surface area (Å²) in [6.07, 6.45) is 4.17. The summed E-state index contributed by atoms with van der Waals surface area (Å²) in [5.41, 5.74) is 7.07. The van der Waals surface area contributed by atoms with Crippen molar-refractivity contribution in [2.75, 3.05) is 53.4 Å². The maximum atomic E-state index is 12.6. The highest BCUT2D eigenvalue weighted by molar-refractivity contribution is 7.91. The quantitative estimate of drug-likeness (QED) is 0.0551. The van der Waals surface area contributed by atoms with E-state index in [0.29, 0.717) is 79.6 Å². The average Bonchev–Trinajstić information content (AvgIpc) is 3.97. The summed E-state index contributed by atoms with van der Waals surface area (Å²) in [6.45, 7) is 4.46. The van der Waals surface area contributed by atoms with Crippen LogP contribution in [0.1, 0.15) is 47.2 Å². The fourth-order valence-electron chi connectivity index (χ4n) is 7.82. The van der Waals surface area contributed by atoms with Crippen LogP contribution in [0.15, 0.2) is 155 Å². The highest BCUT2D eigenvalue weighted by atomic mass is 32.2. The third-order valence-corrected chi connectivity index (χ3v) is 14.2. The molecule has 0 spiro atoms. The number of nitrogens with one attached hydrogen (secondary N) is 2. The average molecular weight is 1020 g/mol. The Morgan fingerprint density at radius 3 is 1.26 bits per heavy atom. The van der Waals surface area contributed by atoms with Gasteiger partial charge in [-0.25, -0.2) is 26.4 Å². The number of sulfone groups is 2. The van der Waals surface area contributed by atoms with Crippen molar-refractivity contribution >= 4 is 53.9 Å². The van der Waals surface area contributed by atoms with E-state index in [4.69, 9.17) is 28.4 Å². The van der Waals surface area contributed by atoms with E-state index in [1.54, 1.807) is 84.9 Å². The molecule has 14 nitrogen and oxygen atoms in total. The molecule has 8 rings (SSSR count). The number of carbonyl (C=O) groups excluding carboxylic acids is 2. The number of benzene rings is 6. The Labute approximate surface area is 421 Å². The van der Waals surface area contributed by atoms with E-state index in [1.807, 2.05) is 62.6 Å². The zero-order chi connectivity index (χ0) is 51.4. The first-order valence-corrected chi connectivity index (χ1v) is 26.9. The molecule has 2 heterocycles. The number of likely N-dealkylation sites (N-methyl/N-ethyl adjacent to an activating group) is 2. The molecule has 6 aromatic rings. The zero-order valence-electron chi connectivity index (χ0n) is 41.0. The van der Waals surface area contributed by atoms with Crippen LogP contribution >= 0.6 is 0 Å². The number of ether oxygens (including phenoxy) is 6. The summed E-state index contributed by atoms with van der Waals surface area (Å²) in [5.74, 6) is 1.62. The molecule has 0 saturated heterocycles. The first-order chi connectivity index (χ1) is 34.5. The van der Waals surface area contributed by atoms with Gasteiger partial charge in [-0.1, -0.05) is 72.8 Å². The van der Waals surface area contributed by atoms with Gasteiger partial charge in [-0.15, -0.1) is 0 Å². The van der Waals surface area contributed by atoms with Gasteiger partial charge in [0.2, 0.25) is 13.6 Å². The Kier molecular flexibility index (Phi) is 17.4. The van der Waals surface area contributed by atoms with Gasteiger partial charge < -0.3 is 39.1 Å². The van der Waals surface area contributed by atoms with Gasteiger partial charge in [-0.05, 0) is 147 Å². The van der Waals surface area contributed by atoms with Crippen LogP contribution in [-0.4, -0.2) is 94.3 Å². The van der Waals surface area contributed by atoms with Crippen molar-refractivity contribution in [2.24, 2.45) is 0 Å². The predicted octanol–water partition coefficient (Wildman–Crippen LogP) is 8.25. The molecule has 0 amide bonds. The Morgan fingerprint density at radius 1 is 0.472 bits per heavy atom. The first kappa shape index (κ1) is 52.6. The van der Waals surface area contributed by atoms with Gasteiger partial charge in [0.25, 0.3) is 0 Å². The fourth-order valence-corrected chi connectivity index (χ4v) is 9.16. The number of hydrogen-bond donors (Lipinski definition) is 2. The molecule has 0 fully saturated rings. The minimum absolute atomic E-state index is 0.00245. The molecule has 72 heavy (non-hydrogen) atoms. The minimum Gasteiger partial charge on any atom is -0.458 e. The topological polar surface area (TPSA) is 182 Å². The van der Waals surface area contributed by atoms with E-state index in [-0.39, 0.29) is 36.6 Å². The van der Waals surface area contributed by atoms with Crippen LogP contribution < -0.4 is 29.6 Å². The van der Waals surface area contributed by atoms with Crippen molar-refractivity contribution in [1.82, 2.24) is 10.6 Å². The predicted molar refractivity (Wildman–Crippen MR) is 277 cm³/mol. The molecule has 2 atom stereocenters. The summed E-state index contributed by atoms with van der Waals surface area (Å²) < 4.78 is 81.3. The molecule has 0 aliphatic carbocycles. The number of rotatable bonds is 20. The van der Waals surface area contributed by atoms with Crippen LogP contribution in [0, 0.1) is 0 Å². The largest absolute Gasteiger partial charge is 0.458 e. The van der Waals surface area contributed by atoms with Crippen molar-refractivity contribution in [3.8, 4) is 23.0 Å². The molecule has 0 bridgehead atoms. The smallest absolute Gasteiger partial charge is 0.339 e. The molecule has 2 aliphatic heterocycles. The first-order valence-electron chi connectivity index (χ1n) is 23.1. The fraction of sp³-hybridized carbons (Fsp3) is 0.250. The van der Waals surface area contributed by atoms with Crippen LogP contribution in [0.3, 0.4) is 0 Å². The van der Waals surface area contributed by atoms with Crippen molar-refractivity contribution in [3.63, 3.8) is 0 Å². The van der Waals surface area contributed by atoms with Crippen molar-refractivity contribution < 1.29 is 54.8 Å². The van der Waals surface area contributed by atoms with Gasteiger partial charge in [0.15, 0.2) is 19.7 Å². The Balaban J connectivity index is 0.000000211. The summed E-state index contributed by atoms with van der Waals surface area (Å²) in [5, 5.41) is 6.44. The van der Waals surface area contributed by atoms with Gasteiger partial charge in [-0.2, -0.15) is 0 Å². The van der Waals surface area contributed by atoms with Crippen LogP contribution in [0.5, 0.6) is 23.0 Å². The summed E-state index contributed by atoms with van der Waals surface area (Å²) in [7, 11) is -2.87. The van der Waals surface area contributed by atoms with E-state index >= 15 is 0 Å². The number of esters is 2. The summed E-state index contributed by atoms with van der Waals surface area (Å²) in [6, 6.07) is 43.8. The number of cyclic esters (lactones) is 2. The maximum absolute atomic E-state index is 12.6. The standard InChI is InChI=1S/2C28H29NO6S/c1-19(29-2)14-20-10-12-23(13-11-20)34-18-35-24-8-4-7-22(15-24)27-26(17-33-28(27)30)21-6-5-9-25(16-21)36(3,31)32;1-19(29-2)15-20-7-11-23(12-8-20)34-18-35-24-13-9-21(10-14-24)27-26(17-33-28(27)30)22-5-4-6-25(16-22)36(3,31)32/h4-13,15-16,19,29H,14,17-18H2,1-3H3;4-14,16,19,29H,15,17-18H2,1-3H3. The normalized spacial score (nSPS) is 14.5. The second-order valence-electron chi connectivity index (χ2n) is 17.4. The molecule has 2 N–H and O–H groups in total. The zero-order valence-corrected chi connectivity index (χ0v) is 42.6. The second-order valence-corrected chi connectivity index (χ2v) is 21.4. The molecule has 2 unspecified atom stereocenters. The molecular weight excluding hydrogens is 957 g/mol. The van der Waals surface area contributed by atoms with Crippen LogP contribution in [0.25, 0.3) is 22.3 Å². The van der Waals surface area contributed by atoms with E-state index < -0.39 is 31.6 Å². The third-order valence-electron chi connectivity index (χ3n) is 12.0. The van der Waals surface area contributed by atoms with Crippen molar-refractivity contribution in [1.29, 1.82) is 0 Å². The molecule has 0 radical (unpaired) electrons. The lowest BCUT2D eigenvalue weighted by atomic mass is 9.96. The number of carbonyl (C=O) groups is 2. The Bertz CT molecular complexity index is 3170. The van der Waals surface area contributed by atoms with Gasteiger partial charge in [-0.3, -0.25) is 0 Å². The van der Waals surface area contributed by atoms with Crippen molar-refractivity contribution in [2.45, 2.75) is 48.6 Å². The van der Waals surface area contributed by atoms with E-state index in [1.165, 1.54) is 23.3 Å². The summed E-state index contributed by atoms with van der Waals surface area (Å²) in [4.78, 5) is 25.5. The molecule has 376 valence electrons. The molecular formula is C56H58N2O12S2. The SMILES string of the molecule is CNC(C)Cc1ccc(OCOc2ccc(C3=C(c4cccc(S(C)(=O)=O)c4)COC3=O)cc2)cc1.CNC(C)Cc1ccc(OCOc2cccc(C3=C(c4cccc(S(C)(=O)=O)c4)COC3=O)c2)cc1. The molecule has 2 aliphatic rings. The highest BCUT2D eigenvalue weighted by Crippen LogP contribution is 2.36. The monoisotopic (exact) mass is 1010 g/mol. The van der Waals surface area contributed by atoms with Crippen LogP contribution in [-0.2, 0) is 51.6 Å². The lowest BCUT2D eigenvalue weighted by molar-refractivity contribution is -0.134. The lowest BCUT2D eigenvalue weighted by Gasteiger charge is -2.12. The van der Waals surface area contributed by atoms with Gasteiger partial charge in [0, 0.05) is 35.7 Å². The van der Waals surface area contributed by atoms with Crippen LogP contribution in [0.4, 0.5) is 0 Å². The van der Waals surface area contributed by atoms with Gasteiger partial charge in [0.1, 0.15) is 36.2 Å². The second kappa shape index (κ2) is 23.8. The van der Waals surface area contributed by atoms with E-state index in [9.17, 15) is 26.4 Å². The minimum atomic E-state index is -3.38. The Hall–Kier alpha value is -7.24. The van der Waals surface area contributed by atoms with E-state index in [2.05, 4.69) is 24.5 Å². The van der Waals surface area contributed by atoms with Crippen molar-refractivity contribution in [3.05, 3.63) is 179 Å². The van der Waals surface area contributed by atoms with E-state index in [0.717, 1.165) is 25.4 Å². The summed E-state index contributed by atoms with van der Waals surface area (Å²) >= 11 is 0. The third kappa shape index (κ3) is 14.0. The molecule has 6 aromatic carbocycles. The lowest BCUT2D eigenvalue weighted by Crippen LogP contribution is -2.23. The Morgan fingerprint density at radius 2 is 0.847 bits per heavy atom.